The van der Waals surface area contributed by atoms with Crippen LogP contribution in [0.1, 0.15) is 26.7 Å². The topological polar surface area (TPSA) is 78.0 Å². The van der Waals surface area contributed by atoms with Crippen LogP contribution in [0.5, 0.6) is 0 Å². The minimum Gasteiger partial charge on any atom is -0.391 e. The Balaban J connectivity index is 1.78. The largest absolute Gasteiger partial charge is 0.391 e. The zero-order chi connectivity index (χ0) is 15.9. The molecule has 0 saturated carbocycles. The van der Waals surface area contributed by atoms with Crippen LogP contribution in [-0.2, 0) is 4.79 Å². The Morgan fingerprint density at radius 2 is 2.09 bits per heavy atom. The number of carbonyl (C=O) groups excluding carboxylic acids is 1. The van der Waals surface area contributed by atoms with E-state index in [2.05, 4.69) is 29.1 Å². The molecule has 0 radical (unpaired) electrons. The number of thioether (sulfide) groups is 1. The molecule has 1 aromatic heterocycles. The Bertz CT molecular complexity index is 577. The van der Waals surface area contributed by atoms with Gasteiger partial charge in [-0.1, -0.05) is 50.6 Å². The van der Waals surface area contributed by atoms with E-state index in [9.17, 15) is 9.90 Å². The number of rotatable bonds is 8. The van der Waals surface area contributed by atoms with E-state index < -0.39 is 6.10 Å². The van der Waals surface area contributed by atoms with E-state index in [0.29, 0.717) is 6.54 Å². The monoisotopic (exact) mass is 321 g/mol. The number of hydrogen-bond donors (Lipinski definition) is 3. The third kappa shape index (κ3) is 4.48. The van der Waals surface area contributed by atoms with E-state index in [1.165, 1.54) is 11.8 Å². The fourth-order valence-electron chi connectivity index (χ4n) is 2.40. The highest BCUT2D eigenvalue weighted by atomic mass is 32.2. The SMILES string of the molecule is CCC(CC)C(O)CNC(=O)CSc1nc2ccccc2[nH]1. The smallest absolute Gasteiger partial charge is 0.230 e. The van der Waals surface area contributed by atoms with Crippen molar-refractivity contribution in [3.05, 3.63) is 24.3 Å². The highest BCUT2D eigenvalue weighted by Gasteiger charge is 2.16. The molecule has 120 valence electrons. The molecule has 0 saturated heterocycles. The van der Waals surface area contributed by atoms with Crippen LogP contribution in [0.25, 0.3) is 11.0 Å². The zero-order valence-electron chi connectivity index (χ0n) is 13.0. The van der Waals surface area contributed by atoms with Gasteiger partial charge in [-0.15, -0.1) is 0 Å². The summed E-state index contributed by atoms with van der Waals surface area (Å²) in [6, 6.07) is 7.77. The minimum atomic E-state index is -0.477. The predicted octanol–water partition coefficient (Wildman–Crippen LogP) is 2.57. The standard InChI is InChI=1S/C16H23N3O2S/c1-3-11(4-2)14(20)9-17-15(21)10-22-16-18-12-7-5-6-8-13(12)19-16/h5-8,11,14,20H,3-4,9-10H2,1-2H3,(H,17,21)(H,18,19). The van der Waals surface area contributed by atoms with Crippen LogP contribution < -0.4 is 5.32 Å². The van der Waals surface area contributed by atoms with Gasteiger partial charge in [0.2, 0.25) is 5.91 Å². The molecular weight excluding hydrogens is 298 g/mol. The fourth-order valence-corrected chi connectivity index (χ4v) is 3.12. The number of para-hydroxylation sites is 2. The lowest BCUT2D eigenvalue weighted by molar-refractivity contribution is -0.119. The molecule has 3 N–H and O–H groups in total. The first kappa shape index (κ1) is 16.8. The summed E-state index contributed by atoms with van der Waals surface area (Å²) in [5.74, 6) is 0.439. The van der Waals surface area contributed by atoms with Gasteiger partial charge in [-0.05, 0) is 18.1 Å². The number of H-pyrrole nitrogens is 1. The maximum absolute atomic E-state index is 11.9. The molecule has 0 aliphatic rings. The molecule has 1 amide bonds. The molecule has 0 aliphatic carbocycles. The molecule has 6 heteroatoms. The van der Waals surface area contributed by atoms with Crippen LogP contribution in [0.2, 0.25) is 0 Å². The lowest BCUT2D eigenvalue weighted by Gasteiger charge is -2.20. The summed E-state index contributed by atoms with van der Waals surface area (Å²) < 4.78 is 0. The average Bonchev–Trinajstić information content (AvgIpc) is 2.95. The summed E-state index contributed by atoms with van der Waals surface area (Å²) >= 11 is 1.37. The predicted molar refractivity (Wildman–Crippen MR) is 89.9 cm³/mol. The van der Waals surface area contributed by atoms with E-state index in [1.807, 2.05) is 24.3 Å². The second-order valence-corrected chi connectivity index (χ2v) is 6.26. The molecule has 0 spiro atoms. The van der Waals surface area contributed by atoms with Gasteiger partial charge in [0.05, 0.1) is 22.9 Å². The molecule has 22 heavy (non-hydrogen) atoms. The number of carbonyl (C=O) groups is 1. The van der Waals surface area contributed by atoms with Crippen LogP contribution >= 0.6 is 11.8 Å². The third-order valence-corrected chi connectivity index (χ3v) is 4.68. The number of hydrogen-bond acceptors (Lipinski definition) is 4. The number of fused-ring (bicyclic) bond motifs is 1. The number of aromatic nitrogens is 2. The van der Waals surface area contributed by atoms with Crippen LogP contribution in [0.4, 0.5) is 0 Å². The minimum absolute atomic E-state index is 0.0875. The number of aliphatic hydroxyl groups is 1. The average molecular weight is 321 g/mol. The van der Waals surface area contributed by atoms with Crippen molar-refractivity contribution in [1.29, 1.82) is 0 Å². The quantitative estimate of drug-likeness (QED) is 0.653. The number of aromatic amines is 1. The van der Waals surface area contributed by atoms with Crippen molar-refractivity contribution in [2.45, 2.75) is 37.9 Å². The normalized spacial score (nSPS) is 12.7. The highest BCUT2D eigenvalue weighted by Crippen LogP contribution is 2.19. The molecular formula is C16H23N3O2S. The summed E-state index contributed by atoms with van der Waals surface area (Å²) in [5.41, 5.74) is 1.86. The second-order valence-electron chi connectivity index (χ2n) is 5.30. The zero-order valence-corrected chi connectivity index (χ0v) is 13.8. The molecule has 1 atom stereocenters. The van der Waals surface area contributed by atoms with Crippen LogP contribution in [0.15, 0.2) is 29.4 Å². The Hall–Kier alpha value is -1.53. The first-order valence-electron chi connectivity index (χ1n) is 7.66. The number of nitrogens with zero attached hydrogens (tertiary/aromatic N) is 1. The Morgan fingerprint density at radius 3 is 2.77 bits per heavy atom. The summed E-state index contributed by atoms with van der Waals surface area (Å²) in [6.07, 6.45) is 1.36. The number of aliphatic hydroxyl groups excluding tert-OH is 1. The van der Waals surface area contributed by atoms with E-state index in [4.69, 9.17) is 0 Å². The first-order valence-corrected chi connectivity index (χ1v) is 8.64. The van der Waals surface area contributed by atoms with E-state index in [-0.39, 0.29) is 17.6 Å². The van der Waals surface area contributed by atoms with Gasteiger partial charge in [0.15, 0.2) is 5.16 Å². The third-order valence-electron chi connectivity index (χ3n) is 3.81. The molecule has 5 nitrogen and oxygen atoms in total. The molecule has 0 fully saturated rings. The molecule has 0 bridgehead atoms. The lowest BCUT2D eigenvalue weighted by Crippen LogP contribution is -2.36. The van der Waals surface area contributed by atoms with Gasteiger partial charge in [-0.25, -0.2) is 4.98 Å². The van der Waals surface area contributed by atoms with Gasteiger partial charge in [0, 0.05) is 6.54 Å². The van der Waals surface area contributed by atoms with Gasteiger partial charge in [-0.3, -0.25) is 4.79 Å². The number of amides is 1. The first-order chi connectivity index (χ1) is 10.6. The van der Waals surface area contributed by atoms with Crippen molar-refractivity contribution in [3.63, 3.8) is 0 Å². The number of benzene rings is 1. The second kappa shape index (κ2) is 8.19. The lowest BCUT2D eigenvalue weighted by atomic mass is 9.97. The number of nitrogens with one attached hydrogen (secondary N) is 2. The molecule has 1 heterocycles. The maximum atomic E-state index is 11.9. The Kier molecular flexibility index (Phi) is 6.27. The van der Waals surface area contributed by atoms with Crippen molar-refractivity contribution in [2.75, 3.05) is 12.3 Å². The van der Waals surface area contributed by atoms with Gasteiger partial charge in [-0.2, -0.15) is 0 Å². The highest BCUT2D eigenvalue weighted by molar-refractivity contribution is 7.99. The van der Waals surface area contributed by atoms with Crippen molar-refractivity contribution in [3.8, 4) is 0 Å². The van der Waals surface area contributed by atoms with Crippen molar-refractivity contribution in [2.24, 2.45) is 5.92 Å². The fraction of sp³-hybridized carbons (Fsp3) is 0.500. The van der Waals surface area contributed by atoms with Crippen LogP contribution in [0, 0.1) is 5.92 Å². The van der Waals surface area contributed by atoms with Gasteiger partial charge >= 0.3 is 0 Å². The maximum Gasteiger partial charge on any atom is 0.230 e. The molecule has 2 aromatic rings. The van der Waals surface area contributed by atoms with Crippen molar-refractivity contribution < 1.29 is 9.90 Å². The van der Waals surface area contributed by atoms with Gasteiger partial charge in [0.25, 0.3) is 0 Å². The summed E-state index contributed by atoms with van der Waals surface area (Å²) in [7, 11) is 0. The molecule has 2 rings (SSSR count). The van der Waals surface area contributed by atoms with Crippen LogP contribution in [0.3, 0.4) is 0 Å². The summed E-state index contributed by atoms with van der Waals surface area (Å²) in [6.45, 7) is 4.42. The Labute approximate surface area is 134 Å². The summed E-state index contributed by atoms with van der Waals surface area (Å²) in [4.78, 5) is 19.4. The van der Waals surface area contributed by atoms with Gasteiger partial charge in [0.1, 0.15) is 0 Å². The van der Waals surface area contributed by atoms with E-state index >= 15 is 0 Å². The Morgan fingerprint density at radius 1 is 1.36 bits per heavy atom. The van der Waals surface area contributed by atoms with Crippen molar-refractivity contribution >= 4 is 28.7 Å². The van der Waals surface area contributed by atoms with E-state index in [0.717, 1.165) is 29.0 Å². The molecule has 0 aliphatic heterocycles. The summed E-state index contributed by atoms with van der Waals surface area (Å²) in [5, 5.41) is 13.5. The van der Waals surface area contributed by atoms with Crippen LogP contribution in [-0.4, -0.2) is 39.4 Å². The van der Waals surface area contributed by atoms with Crippen molar-refractivity contribution in [1.82, 2.24) is 15.3 Å². The molecule has 1 unspecified atom stereocenters. The molecule has 1 aromatic carbocycles. The van der Waals surface area contributed by atoms with E-state index in [1.54, 1.807) is 0 Å². The van der Waals surface area contributed by atoms with Gasteiger partial charge < -0.3 is 15.4 Å². The number of imidazole rings is 1.